The average molecular weight is 279 g/mol. The molecule has 0 amide bonds. The Morgan fingerprint density at radius 1 is 1.20 bits per heavy atom. The van der Waals surface area contributed by atoms with Crippen LogP contribution in [-0.4, -0.2) is 15.3 Å². The van der Waals surface area contributed by atoms with Crippen molar-refractivity contribution in [1.82, 2.24) is 15.1 Å². The van der Waals surface area contributed by atoms with E-state index in [1.165, 1.54) is 6.07 Å². The highest BCUT2D eigenvalue weighted by Gasteiger charge is 2.11. The van der Waals surface area contributed by atoms with Crippen LogP contribution < -0.4 is 5.32 Å². The lowest BCUT2D eigenvalue weighted by Crippen LogP contribution is -2.35. The van der Waals surface area contributed by atoms with E-state index in [-0.39, 0.29) is 12.1 Å². The summed E-state index contributed by atoms with van der Waals surface area (Å²) in [5.74, 6) is -1.64. The maximum Gasteiger partial charge on any atom is 0.163 e. The predicted octanol–water partition coefficient (Wildman–Crippen LogP) is 3.10. The van der Waals surface area contributed by atoms with Gasteiger partial charge in [0, 0.05) is 23.8 Å². The molecule has 0 aliphatic carbocycles. The second-order valence-electron chi connectivity index (χ2n) is 5.82. The number of nitrogens with one attached hydrogen (secondary N) is 1. The number of rotatable bonds is 4. The molecular formula is C15H19F2N3. The van der Waals surface area contributed by atoms with Crippen LogP contribution in [0.5, 0.6) is 0 Å². The minimum Gasteiger partial charge on any atom is -0.306 e. The molecule has 2 rings (SSSR count). The Morgan fingerprint density at radius 2 is 1.95 bits per heavy atom. The van der Waals surface area contributed by atoms with Crippen molar-refractivity contribution in [3.05, 3.63) is 53.4 Å². The van der Waals surface area contributed by atoms with Gasteiger partial charge in [-0.15, -0.1) is 0 Å². The van der Waals surface area contributed by atoms with Crippen molar-refractivity contribution in [1.29, 1.82) is 0 Å². The first-order valence-electron chi connectivity index (χ1n) is 6.55. The summed E-state index contributed by atoms with van der Waals surface area (Å²) in [7, 11) is 0. The van der Waals surface area contributed by atoms with Gasteiger partial charge in [0.25, 0.3) is 0 Å². The van der Waals surface area contributed by atoms with Gasteiger partial charge in [0.1, 0.15) is 0 Å². The number of nitrogens with zero attached hydrogens (tertiary/aromatic N) is 2. The molecule has 1 aromatic carbocycles. The number of halogens is 2. The van der Waals surface area contributed by atoms with Crippen molar-refractivity contribution in [2.24, 2.45) is 0 Å². The number of hydrogen-bond donors (Lipinski definition) is 1. The van der Waals surface area contributed by atoms with E-state index in [2.05, 4.69) is 31.2 Å². The number of benzene rings is 1. The zero-order chi connectivity index (χ0) is 14.8. The summed E-state index contributed by atoms with van der Waals surface area (Å²) in [4.78, 5) is 0. The topological polar surface area (TPSA) is 29.9 Å². The molecule has 0 saturated carbocycles. The molecule has 0 bridgehead atoms. The van der Waals surface area contributed by atoms with Crippen LogP contribution in [0.15, 0.2) is 30.5 Å². The van der Waals surface area contributed by atoms with Gasteiger partial charge < -0.3 is 5.32 Å². The highest BCUT2D eigenvalue weighted by atomic mass is 19.2. The van der Waals surface area contributed by atoms with E-state index in [1.807, 2.05) is 6.07 Å². The molecule has 0 radical (unpaired) electrons. The zero-order valence-corrected chi connectivity index (χ0v) is 12.0. The number of aromatic nitrogens is 2. The Morgan fingerprint density at radius 3 is 2.65 bits per heavy atom. The van der Waals surface area contributed by atoms with Crippen molar-refractivity contribution in [3.63, 3.8) is 0 Å². The molecule has 0 saturated heterocycles. The van der Waals surface area contributed by atoms with Crippen molar-refractivity contribution in [2.45, 2.75) is 39.4 Å². The van der Waals surface area contributed by atoms with Gasteiger partial charge in [-0.3, -0.25) is 4.68 Å². The van der Waals surface area contributed by atoms with Gasteiger partial charge in [-0.2, -0.15) is 5.10 Å². The Labute approximate surface area is 117 Å². The summed E-state index contributed by atoms with van der Waals surface area (Å²) >= 11 is 0. The minimum atomic E-state index is -0.829. The molecule has 0 unspecified atom stereocenters. The third-order valence-corrected chi connectivity index (χ3v) is 2.86. The third-order valence-electron chi connectivity index (χ3n) is 2.86. The monoisotopic (exact) mass is 279 g/mol. The summed E-state index contributed by atoms with van der Waals surface area (Å²) < 4.78 is 28.3. The molecule has 0 atom stereocenters. The fourth-order valence-corrected chi connectivity index (χ4v) is 1.79. The molecule has 2 aromatic rings. The zero-order valence-electron chi connectivity index (χ0n) is 12.0. The van der Waals surface area contributed by atoms with E-state index in [0.717, 1.165) is 11.8 Å². The first kappa shape index (κ1) is 14.7. The van der Waals surface area contributed by atoms with E-state index >= 15 is 0 Å². The average Bonchev–Trinajstić information content (AvgIpc) is 2.80. The molecular weight excluding hydrogens is 260 g/mol. The van der Waals surface area contributed by atoms with Crippen LogP contribution in [-0.2, 0) is 13.1 Å². The summed E-state index contributed by atoms with van der Waals surface area (Å²) in [6.45, 7) is 7.09. The largest absolute Gasteiger partial charge is 0.306 e. The van der Waals surface area contributed by atoms with E-state index in [9.17, 15) is 8.78 Å². The molecule has 0 spiro atoms. The molecule has 3 nitrogen and oxygen atoms in total. The second-order valence-corrected chi connectivity index (χ2v) is 5.82. The lowest BCUT2D eigenvalue weighted by Gasteiger charge is -2.19. The van der Waals surface area contributed by atoms with Crippen LogP contribution >= 0.6 is 0 Å². The lowest BCUT2D eigenvalue weighted by atomic mass is 10.1. The molecule has 1 N–H and O–H groups in total. The second kappa shape index (κ2) is 5.71. The van der Waals surface area contributed by atoms with Gasteiger partial charge >= 0.3 is 0 Å². The molecule has 0 aliphatic rings. The summed E-state index contributed by atoms with van der Waals surface area (Å²) in [5.41, 5.74) is 1.18. The van der Waals surface area contributed by atoms with Crippen molar-refractivity contribution >= 4 is 0 Å². The van der Waals surface area contributed by atoms with Crippen LogP contribution in [0.1, 0.15) is 32.0 Å². The molecule has 0 aliphatic heterocycles. The van der Waals surface area contributed by atoms with Crippen LogP contribution in [0.2, 0.25) is 0 Å². The Hall–Kier alpha value is -1.75. The highest BCUT2D eigenvalue weighted by Crippen LogP contribution is 2.13. The van der Waals surface area contributed by atoms with Gasteiger partial charge in [0.2, 0.25) is 0 Å². The highest BCUT2D eigenvalue weighted by molar-refractivity contribution is 5.19. The molecule has 5 heteroatoms. The van der Waals surface area contributed by atoms with Gasteiger partial charge in [0.15, 0.2) is 11.6 Å². The van der Waals surface area contributed by atoms with Crippen molar-refractivity contribution in [3.8, 4) is 0 Å². The Bertz CT molecular complexity index is 585. The van der Waals surface area contributed by atoms with Crippen LogP contribution in [0, 0.1) is 11.6 Å². The van der Waals surface area contributed by atoms with Crippen molar-refractivity contribution < 1.29 is 8.78 Å². The van der Waals surface area contributed by atoms with Crippen LogP contribution in [0.25, 0.3) is 0 Å². The van der Waals surface area contributed by atoms with E-state index in [1.54, 1.807) is 16.9 Å². The summed E-state index contributed by atoms with van der Waals surface area (Å²) in [5, 5.41) is 7.67. The third kappa shape index (κ3) is 3.87. The maximum absolute atomic E-state index is 13.6. The number of hydrogen-bond acceptors (Lipinski definition) is 2. The smallest absolute Gasteiger partial charge is 0.163 e. The molecule has 20 heavy (non-hydrogen) atoms. The predicted molar refractivity (Wildman–Crippen MR) is 74.3 cm³/mol. The molecule has 1 heterocycles. The molecule has 0 fully saturated rings. The molecule has 108 valence electrons. The van der Waals surface area contributed by atoms with Crippen LogP contribution in [0.3, 0.4) is 0 Å². The minimum absolute atomic E-state index is 0.0123. The summed E-state index contributed by atoms with van der Waals surface area (Å²) in [6.07, 6.45) is 1.77. The molecule has 1 aromatic heterocycles. The fraction of sp³-hybridized carbons (Fsp3) is 0.400. The first-order chi connectivity index (χ1) is 9.35. The SMILES string of the molecule is CC(C)(C)NCc1ccn(Cc2cccc(F)c2F)n1. The Kier molecular flexibility index (Phi) is 4.18. The first-order valence-corrected chi connectivity index (χ1v) is 6.55. The van der Waals surface area contributed by atoms with Crippen LogP contribution in [0.4, 0.5) is 8.78 Å². The van der Waals surface area contributed by atoms with Gasteiger partial charge in [0.05, 0.1) is 12.2 Å². The maximum atomic E-state index is 13.6. The van der Waals surface area contributed by atoms with E-state index in [4.69, 9.17) is 0 Å². The normalized spacial score (nSPS) is 11.8. The van der Waals surface area contributed by atoms with Crippen molar-refractivity contribution in [2.75, 3.05) is 0 Å². The van der Waals surface area contributed by atoms with Gasteiger partial charge in [-0.05, 0) is 32.9 Å². The Balaban J connectivity index is 2.04. The quantitative estimate of drug-likeness (QED) is 0.932. The van der Waals surface area contributed by atoms with Gasteiger partial charge in [-0.1, -0.05) is 12.1 Å². The van der Waals surface area contributed by atoms with Gasteiger partial charge in [-0.25, -0.2) is 8.78 Å². The summed E-state index contributed by atoms with van der Waals surface area (Å²) in [6, 6.07) is 6.04. The standard InChI is InChI=1S/C15H19F2N3/c1-15(2,3)18-9-12-7-8-20(19-12)10-11-5-4-6-13(16)14(11)17/h4-8,18H,9-10H2,1-3H3. The fourth-order valence-electron chi connectivity index (χ4n) is 1.79. The van der Waals surface area contributed by atoms with E-state index < -0.39 is 11.6 Å². The van der Waals surface area contributed by atoms with E-state index in [0.29, 0.717) is 12.1 Å². The lowest BCUT2D eigenvalue weighted by molar-refractivity contribution is 0.419.